The molecule has 228 valence electrons. The zero-order valence-electron chi connectivity index (χ0n) is 36.9. The lowest BCUT2D eigenvalue weighted by atomic mass is 9.85. The van der Waals surface area contributed by atoms with Crippen molar-refractivity contribution in [3.63, 3.8) is 0 Å². The molecule has 0 fully saturated rings. The number of hydrogen-bond donors (Lipinski definition) is 0. The van der Waals surface area contributed by atoms with Gasteiger partial charge in [-0.3, -0.25) is 0 Å². The molecule has 1 nitrogen and oxygen atoms in total. The summed E-state index contributed by atoms with van der Waals surface area (Å²) in [5, 5.41) is 6.02. The van der Waals surface area contributed by atoms with Gasteiger partial charge in [-0.25, -0.2) is 0 Å². The van der Waals surface area contributed by atoms with Crippen molar-refractivity contribution in [2.75, 3.05) is 0 Å². The van der Waals surface area contributed by atoms with Gasteiger partial charge in [0, 0.05) is 10.8 Å². The van der Waals surface area contributed by atoms with Gasteiger partial charge in [0.2, 0.25) is 0 Å². The van der Waals surface area contributed by atoms with Gasteiger partial charge in [0.1, 0.15) is 11.2 Å². The summed E-state index contributed by atoms with van der Waals surface area (Å²) in [6.07, 6.45) is 0. The van der Waals surface area contributed by atoms with Crippen molar-refractivity contribution in [3.8, 4) is 44.5 Å². The molecule has 0 aliphatic carbocycles. The van der Waals surface area contributed by atoms with E-state index in [9.17, 15) is 4.11 Å². The maximum absolute atomic E-state index is 9.36. The minimum Gasteiger partial charge on any atom is -0.456 e. The quantitative estimate of drug-likeness (QED) is 0.176. The van der Waals surface area contributed by atoms with E-state index in [2.05, 4.69) is 84.9 Å². The molecule has 1 aromatic heterocycles. The van der Waals surface area contributed by atoms with Crippen LogP contribution in [0.3, 0.4) is 0 Å². The molecule has 0 atom stereocenters. The Morgan fingerprint density at radius 2 is 1.00 bits per heavy atom. The van der Waals surface area contributed by atoms with Crippen molar-refractivity contribution < 1.29 is 19.5 Å². The predicted octanol–water partition coefficient (Wildman–Crippen LogP) is 13.7. The van der Waals surface area contributed by atoms with Crippen LogP contribution in [-0.4, -0.2) is 0 Å². The highest BCUT2D eigenvalue weighted by Gasteiger charge is 2.17. The Morgan fingerprint density at radius 1 is 0.388 bits per heavy atom. The summed E-state index contributed by atoms with van der Waals surface area (Å²) in [7, 11) is 0. The molecular formula is C48H30O. The molecule has 1 heteroatoms. The van der Waals surface area contributed by atoms with Crippen LogP contribution in [0.1, 0.15) is 15.1 Å². The first-order valence-electron chi connectivity index (χ1n) is 21.4. The molecule has 0 saturated heterocycles. The molecule has 0 radical (unpaired) electrons. The van der Waals surface area contributed by atoms with Gasteiger partial charge in [-0.15, -0.1) is 0 Å². The van der Waals surface area contributed by atoms with E-state index in [4.69, 9.17) is 15.4 Å². The van der Waals surface area contributed by atoms with Crippen molar-refractivity contribution in [2.45, 2.75) is 0 Å². The van der Waals surface area contributed by atoms with Crippen molar-refractivity contribution in [3.05, 3.63) is 182 Å². The van der Waals surface area contributed by atoms with Gasteiger partial charge in [-0.05, 0) is 107 Å². The van der Waals surface area contributed by atoms with Gasteiger partial charge < -0.3 is 4.42 Å². The highest BCUT2D eigenvalue weighted by atomic mass is 16.3. The minimum absolute atomic E-state index is 0.0964. The molecule has 0 amide bonds. The summed E-state index contributed by atoms with van der Waals surface area (Å²) in [6.45, 7) is 0. The fraction of sp³-hybridized carbons (Fsp3) is 0. The molecule has 0 unspecified atom stereocenters. The van der Waals surface area contributed by atoms with Gasteiger partial charge in [0.25, 0.3) is 0 Å². The smallest absolute Gasteiger partial charge is 0.136 e. The highest BCUT2D eigenvalue weighted by Crippen LogP contribution is 2.44. The molecule has 10 aromatic rings. The number of fused-ring (bicyclic) bond motifs is 6. The lowest BCUT2D eigenvalue weighted by molar-refractivity contribution is 0.669. The minimum atomic E-state index is -0.658. The van der Waals surface area contributed by atoms with Crippen LogP contribution in [0.4, 0.5) is 0 Å². The molecule has 9 aromatic carbocycles. The largest absolute Gasteiger partial charge is 0.456 e. The van der Waals surface area contributed by atoms with E-state index in [1.165, 1.54) is 5.56 Å². The van der Waals surface area contributed by atoms with E-state index in [-0.39, 0.29) is 45.2 Å². The first-order chi connectivity index (χ1) is 28.9. The Labute approximate surface area is 299 Å². The zero-order valence-corrected chi connectivity index (χ0v) is 25.9. The maximum atomic E-state index is 9.36. The second kappa shape index (κ2) is 11.1. The molecule has 1 heterocycles. The predicted molar refractivity (Wildman–Crippen MR) is 208 cm³/mol. The number of rotatable bonds is 4. The standard InChI is InChI=1S/C48H30O/c1-3-12-31(13-4-1)38-20-11-21-44-48(38)43-27-26-36(30-45(43)49-44)34-22-23-35-29-37(25-24-33(35)28-34)47-41-18-9-7-16-39(41)46(32-14-5-2-6-15-32)40-17-8-10-19-42(40)47/h1-30H/i1D,3D,4D,11D,12D,13D,20D,21D,26D,27D,30D. The van der Waals surface area contributed by atoms with E-state index < -0.39 is 59.9 Å². The van der Waals surface area contributed by atoms with E-state index in [0.29, 0.717) is 5.56 Å². The SMILES string of the molecule is [2H]c1c([2H])c([2H])c(-c2c([2H])c([2H])c([2H])c3oc4c([2H])c(-c5ccc6cc(-c7c8ccccc8c(-c8ccccc8)c8ccccc78)ccc6c5)c([2H])c([2H])c4c23)c([2H])c1[2H]. The molecule has 0 N–H and O–H groups in total. The third kappa shape index (κ3) is 4.47. The third-order valence-electron chi connectivity index (χ3n) is 9.23. The summed E-state index contributed by atoms with van der Waals surface area (Å²) >= 11 is 0. The van der Waals surface area contributed by atoms with Crippen LogP contribution < -0.4 is 0 Å². The van der Waals surface area contributed by atoms with Crippen LogP contribution in [0.25, 0.3) is 98.8 Å². The summed E-state index contributed by atoms with van der Waals surface area (Å²) in [6, 6.07) is 33.1. The van der Waals surface area contributed by atoms with Crippen LogP contribution in [-0.2, 0) is 0 Å². The number of furan rings is 1. The number of benzene rings is 9. The van der Waals surface area contributed by atoms with Crippen molar-refractivity contribution in [1.29, 1.82) is 0 Å². The fourth-order valence-corrected chi connectivity index (χ4v) is 7.07. The molecule has 0 aliphatic heterocycles. The van der Waals surface area contributed by atoms with Gasteiger partial charge >= 0.3 is 0 Å². The third-order valence-corrected chi connectivity index (χ3v) is 9.23. The van der Waals surface area contributed by atoms with E-state index >= 15 is 0 Å². The topological polar surface area (TPSA) is 13.1 Å². The Balaban J connectivity index is 1.16. The molecule has 0 aliphatic rings. The van der Waals surface area contributed by atoms with Crippen LogP contribution in [0.5, 0.6) is 0 Å². The second-order valence-electron chi connectivity index (χ2n) is 12.0. The summed E-state index contributed by atoms with van der Waals surface area (Å²) in [5.41, 5.74) is 3.86. The van der Waals surface area contributed by atoms with Gasteiger partial charge in [0.15, 0.2) is 0 Å². The van der Waals surface area contributed by atoms with Gasteiger partial charge in [-0.1, -0.05) is 151 Å². The first-order valence-corrected chi connectivity index (χ1v) is 15.9. The molecule has 0 bridgehead atoms. The number of hydrogen-bond acceptors (Lipinski definition) is 1. The Hall–Kier alpha value is -6.44. The van der Waals surface area contributed by atoms with Crippen molar-refractivity contribution >= 4 is 54.3 Å². The molecular weight excluding hydrogens is 593 g/mol. The summed E-state index contributed by atoms with van der Waals surface area (Å²) in [5.74, 6) is 0. The molecule has 0 spiro atoms. The lowest BCUT2D eigenvalue weighted by Gasteiger charge is -2.18. The van der Waals surface area contributed by atoms with Crippen LogP contribution in [0.15, 0.2) is 186 Å². The monoisotopic (exact) mass is 633 g/mol. The summed E-state index contributed by atoms with van der Waals surface area (Å²) in [4.78, 5) is 0. The Morgan fingerprint density at radius 3 is 1.69 bits per heavy atom. The second-order valence-corrected chi connectivity index (χ2v) is 12.0. The normalized spacial score (nSPS) is 14.8. The first kappa shape index (κ1) is 18.8. The molecule has 0 saturated carbocycles. The average Bonchev–Trinajstić information content (AvgIpc) is 3.67. The van der Waals surface area contributed by atoms with E-state index in [1.54, 1.807) is 6.07 Å². The van der Waals surface area contributed by atoms with Crippen LogP contribution in [0.2, 0.25) is 0 Å². The maximum Gasteiger partial charge on any atom is 0.136 e. The van der Waals surface area contributed by atoms with Crippen LogP contribution in [0, 0.1) is 0 Å². The zero-order chi connectivity index (χ0) is 41.9. The van der Waals surface area contributed by atoms with Crippen molar-refractivity contribution in [2.24, 2.45) is 0 Å². The fourth-order valence-electron chi connectivity index (χ4n) is 7.07. The van der Waals surface area contributed by atoms with Crippen molar-refractivity contribution in [1.82, 2.24) is 0 Å². The highest BCUT2D eigenvalue weighted by molar-refractivity contribution is 6.21. The average molecular weight is 634 g/mol. The Kier molecular flexibility index (Phi) is 4.25. The molecule has 49 heavy (non-hydrogen) atoms. The van der Waals surface area contributed by atoms with E-state index in [1.807, 2.05) is 24.3 Å². The Bertz CT molecular complexity index is 3420. The van der Waals surface area contributed by atoms with Gasteiger partial charge in [0.05, 0.1) is 15.1 Å². The molecule has 10 rings (SSSR count). The lowest BCUT2D eigenvalue weighted by Crippen LogP contribution is -1.90. The van der Waals surface area contributed by atoms with Gasteiger partial charge in [-0.2, -0.15) is 0 Å². The summed E-state index contributed by atoms with van der Waals surface area (Å²) < 4.78 is 102. The van der Waals surface area contributed by atoms with Crippen LogP contribution >= 0.6 is 0 Å². The van der Waals surface area contributed by atoms with E-state index in [0.717, 1.165) is 49.0 Å².